The van der Waals surface area contributed by atoms with Gasteiger partial charge in [0.15, 0.2) is 0 Å². The topological polar surface area (TPSA) is 87.2 Å². The van der Waals surface area contributed by atoms with E-state index in [9.17, 15) is 12.8 Å². The summed E-state index contributed by atoms with van der Waals surface area (Å²) in [7, 11) is -1.95. The molecule has 8 heteroatoms. The number of hydrogen-bond acceptors (Lipinski definition) is 4. The zero-order chi connectivity index (χ0) is 19.4. The van der Waals surface area contributed by atoms with Gasteiger partial charge in [-0.1, -0.05) is 11.8 Å². The number of sulfonamides is 1. The minimum absolute atomic E-state index is 0.0304. The molecule has 27 heavy (non-hydrogen) atoms. The molecule has 2 aromatic carbocycles. The normalized spacial score (nSPS) is 10.9. The van der Waals surface area contributed by atoms with E-state index in [0.29, 0.717) is 16.9 Å². The molecule has 1 heterocycles. The first-order valence-electron chi connectivity index (χ1n) is 7.87. The number of hydrogen-bond donors (Lipinski definition) is 1. The minimum Gasteiger partial charge on any atom is -0.487 e. The number of aryl methyl sites for hydroxylation is 1. The molecule has 3 aromatic rings. The van der Waals surface area contributed by atoms with E-state index in [2.05, 4.69) is 16.9 Å². The van der Waals surface area contributed by atoms with E-state index >= 15 is 0 Å². The van der Waals surface area contributed by atoms with Gasteiger partial charge in [-0.25, -0.2) is 17.9 Å². The second-order valence-corrected chi connectivity index (χ2v) is 7.25. The number of rotatable bonds is 4. The van der Waals surface area contributed by atoms with Gasteiger partial charge >= 0.3 is 0 Å². The van der Waals surface area contributed by atoms with Crippen LogP contribution in [0, 0.1) is 17.7 Å². The Kier molecular flexibility index (Phi) is 5.26. The van der Waals surface area contributed by atoms with Crippen LogP contribution in [0.25, 0.3) is 0 Å². The summed E-state index contributed by atoms with van der Waals surface area (Å²) in [6, 6.07) is 11.7. The number of primary sulfonamides is 1. The molecule has 0 unspecified atom stereocenters. The van der Waals surface area contributed by atoms with E-state index < -0.39 is 10.0 Å². The van der Waals surface area contributed by atoms with Gasteiger partial charge < -0.3 is 4.74 Å². The second kappa shape index (κ2) is 7.61. The van der Waals surface area contributed by atoms with Gasteiger partial charge in [-0.05, 0) is 48.5 Å². The van der Waals surface area contributed by atoms with Gasteiger partial charge in [0.25, 0.3) is 0 Å². The van der Waals surface area contributed by atoms with Crippen LogP contribution in [-0.4, -0.2) is 18.2 Å². The lowest BCUT2D eigenvalue weighted by Gasteiger charge is -2.07. The molecular formula is C19H16FN3O3S. The molecule has 3 rings (SSSR count). The summed E-state index contributed by atoms with van der Waals surface area (Å²) in [6.45, 7) is 0.219. The largest absolute Gasteiger partial charge is 0.487 e. The van der Waals surface area contributed by atoms with E-state index in [1.54, 1.807) is 42.2 Å². The molecule has 0 spiro atoms. The van der Waals surface area contributed by atoms with Crippen molar-refractivity contribution in [3.8, 4) is 17.6 Å². The fourth-order valence-electron chi connectivity index (χ4n) is 2.29. The monoisotopic (exact) mass is 385 g/mol. The maximum Gasteiger partial charge on any atom is 0.238 e. The van der Waals surface area contributed by atoms with Crippen molar-refractivity contribution < 1.29 is 17.5 Å². The molecule has 0 aliphatic heterocycles. The molecule has 0 bridgehead atoms. The number of halogens is 1. The summed E-state index contributed by atoms with van der Waals surface area (Å²) >= 11 is 0. The van der Waals surface area contributed by atoms with Crippen LogP contribution in [0.2, 0.25) is 0 Å². The van der Waals surface area contributed by atoms with Gasteiger partial charge in [0, 0.05) is 12.6 Å². The summed E-state index contributed by atoms with van der Waals surface area (Å²) in [4.78, 5) is 0.0304. The standard InChI is InChI=1S/C19H16FN3O3S/c1-23-19(13-26-17-8-6-16(20)7-9-17)15(12-22-23)5-2-14-3-10-18(11-4-14)27(21,24)25/h3-4,6-12H,13H2,1H3,(H2,21,24,25). The average Bonchev–Trinajstić information content (AvgIpc) is 2.99. The number of ether oxygens (including phenoxy) is 1. The van der Waals surface area contributed by atoms with E-state index in [1.165, 1.54) is 24.3 Å². The Morgan fingerprint density at radius 3 is 2.41 bits per heavy atom. The van der Waals surface area contributed by atoms with Crippen LogP contribution in [-0.2, 0) is 23.7 Å². The van der Waals surface area contributed by atoms with Gasteiger partial charge in [-0.15, -0.1) is 0 Å². The van der Waals surface area contributed by atoms with E-state index in [0.717, 1.165) is 5.69 Å². The van der Waals surface area contributed by atoms with Crippen molar-refractivity contribution in [1.82, 2.24) is 9.78 Å². The first kappa shape index (κ1) is 18.6. The van der Waals surface area contributed by atoms with Crippen molar-refractivity contribution in [3.63, 3.8) is 0 Å². The lowest BCUT2D eigenvalue weighted by atomic mass is 10.2. The van der Waals surface area contributed by atoms with Crippen molar-refractivity contribution in [1.29, 1.82) is 0 Å². The van der Waals surface area contributed by atoms with Crippen LogP contribution < -0.4 is 9.88 Å². The van der Waals surface area contributed by atoms with Crippen LogP contribution in [0.3, 0.4) is 0 Å². The summed E-state index contributed by atoms with van der Waals surface area (Å²) in [6.07, 6.45) is 1.62. The molecule has 0 fully saturated rings. The number of nitrogens with two attached hydrogens (primary N) is 1. The van der Waals surface area contributed by atoms with Gasteiger partial charge in [0.1, 0.15) is 18.2 Å². The van der Waals surface area contributed by atoms with Crippen LogP contribution in [0.4, 0.5) is 4.39 Å². The Hall–Kier alpha value is -3.15. The van der Waals surface area contributed by atoms with Gasteiger partial charge in [-0.2, -0.15) is 5.10 Å². The Labute approximate surface area is 156 Å². The van der Waals surface area contributed by atoms with Crippen molar-refractivity contribution >= 4 is 10.0 Å². The molecule has 0 radical (unpaired) electrons. The fourth-order valence-corrected chi connectivity index (χ4v) is 2.80. The molecule has 138 valence electrons. The average molecular weight is 385 g/mol. The molecule has 1 aromatic heterocycles. The maximum atomic E-state index is 13.0. The lowest BCUT2D eigenvalue weighted by Crippen LogP contribution is -2.11. The third-order valence-corrected chi connectivity index (χ3v) is 4.70. The highest BCUT2D eigenvalue weighted by molar-refractivity contribution is 7.89. The molecule has 0 saturated heterocycles. The van der Waals surface area contributed by atoms with E-state index in [-0.39, 0.29) is 17.3 Å². The third kappa shape index (κ3) is 4.73. The van der Waals surface area contributed by atoms with Crippen molar-refractivity contribution in [2.45, 2.75) is 11.5 Å². The van der Waals surface area contributed by atoms with Gasteiger partial charge in [0.05, 0.1) is 22.3 Å². The zero-order valence-corrected chi connectivity index (χ0v) is 15.2. The van der Waals surface area contributed by atoms with E-state index in [1.807, 2.05) is 0 Å². The molecule has 0 saturated carbocycles. The van der Waals surface area contributed by atoms with Crippen LogP contribution >= 0.6 is 0 Å². The fraction of sp³-hybridized carbons (Fsp3) is 0.105. The first-order chi connectivity index (χ1) is 12.8. The molecule has 0 aliphatic rings. The second-order valence-electron chi connectivity index (χ2n) is 5.69. The highest BCUT2D eigenvalue weighted by Gasteiger charge is 2.08. The van der Waals surface area contributed by atoms with Gasteiger partial charge in [-0.3, -0.25) is 4.68 Å². The predicted molar refractivity (Wildman–Crippen MR) is 97.7 cm³/mol. The van der Waals surface area contributed by atoms with Crippen molar-refractivity contribution in [3.05, 3.63) is 77.4 Å². The zero-order valence-electron chi connectivity index (χ0n) is 14.4. The Morgan fingerprint density at radius 1 is 1.11 bits per heavy atom. The molecule has 2 N–H and O–H groups in total. The Balaban J connectivity index is 1.77. The summed E-state index contributed by atoms with van der Waals surface area (Å²) < 4.78 is 42.8. The number of benzene rings is 2. The molecule has 6 nitrogen and oxygen atoms in total. The first-order valence-corrected chi connectivity index (χ1v) is 9.42. The van der Waals surface area contributed by atoms with Crippen LogP contribution in [0.5, 0.6) is 5.75 Å². The highest BCUT2D eigenvalue weighted by Crippen LogP contribution is 2.15. The molecule has 0 aliphatic carbocycles. The third-order valence-electron chi connectivity index (χ3n) is 3.78. The molecule has 0 atom stereocenters. The Bertz CT molecular complexity index is 1110. The minimum atomic E-state index is -3.73. The summed E-state index contributed by atoms with van der Waals surface area (Å²) in [5.41, 5.74) is 2.07. The number of aromatic nitrogens is 2. The molecular weight excluding hydrogens is 369 g/mol. The predicted octanol–water partition coefficient (Wildman–Crippen LogP) is 2.19. The smallest absolute Gasteiger partial charge is 0.238 e. The summed E-state index contributed by atoms with van der Waals surface area (Å²) in [5, 5.41) is 9.25. The van der Waals surface area contributed by atoms with Gasteiger partial charge in [0.2, 0.25) is 10.0 Å². The quantitative estimate of drug-likeness (QED) is 0.698. The highest BCUT2D eigenvalue weighted by atomic mass is 32.2. The van der Waals surface area contributed by atoms with Crippen molar-refractivity contribution in [2.75, 3.05) is 0 Å². The summed E-state index contributed by atoms with van der Waals surface area (Å²) in [5.74, 6) is 6.16. The molecule has 0 amide bonds. The maximum absolute atomic E-state index is 13.0. The SMILES string of the molecule is Cn1ncc(C#Cc2ccc(S(N)(=O)=O)cc2)c1COc1ccc(F)cc1. The lowest BCUT2D eigenvalue weighted by molar-refractivity contribution is 0.294. The van der Waals surface area contributed by atoms with Crippen LogP contribution in [0.1, 0.15) is 16.8 Å². The van der Waals surface area contributed by atoms with Crippen molar-refractivity contribution in [2.24, 2.45) is 12.2 Å². The Morgan fingerprint density at radius 2 is 1.78 bits per heavy atom. The van der Waals surface area contributed by atoms with Crippen LogP contribution in [0.15, 0.2) is 59.6 Å². The van der Waals surface area contributed by atoms with E-state index in [4.69, 9.17) is 9.88 Å². The number of nitrogens with zero attached hydrogens (tertiary/aromatic N) is 2.